The van der Waals surface area contributed by atoms with E-state index in [9.17, 15) is 10.1 Å². The van der Waals surface area contributed by atoms with E-state index in [1.54, 1.807) is 16.8 Å². The minimum atomic E-state index is -0.385. The summed E-state index contributed by atoms with van der Waals surface area (Å²) in [7, 11) is 0. The molecule has 0 saturated heterocycles. The summed E-state index contributed by atoms with van der Waals surface area (Å²) in [6.45, 7) is 2.51. The Morgan fingerprint density at radius 3 is 2.90 bits per heavy atom. The molecule has 0 atom stereocenters. The number of nitro groups is 1. The molecule has 0 saturated carbocycles. The molecule has 0 amide bonds. The van der Waals surface area contributed by atoms with E-state index in [0.29, 0.717) is 6.54 Å². The number of nitrogens with zero attached hydrogens (tertiary/aromatic N) is 2. The normalized spacial score (nSPS) is 9.70. The van der Waals surface area contributed by atoms with Gasteiger partial charge in [-0.05, 0) is 17.9 Å². The first-order chi connectivity index (χ1) is 4.75. The summed E-state index contributed by atoms with van der Waals surface area (Å²) in [5, 5.41) is 10.2. The Balaban J connectivity index is 3.01. The smallest absolute Gasteiger partial charge is 0.322 e. The molecule has 0 aromatic carbocycles. The largest absolute Gasteiger partial charge is 0.358 e. The third-order valence-corrected chi connectivity index (χ3v) is 1.33. The zero-order chi connectivity index (χ0) is 7.56. The van der Waals surface area contributed by atoms with Gasteiger partial charge in [-0.15, -0.1) is 0 Å². The predicted molar refractivity (Wildman–Crippen MR) is 36.8 cm³/mol. The number of hydrogen-bond donors (Lipinski definition) is 0. The molecule has 0 unspecified atom stereocenters. The first-order valence-corrected chi connectivity index (χ1v) is 3.05. The Hall–Kier alpha value is -1.32. The number of aromatic nitrogens is 1. The van der Waals surface area contributed by atoms with Gasteiger partial charge in [0.05, 0.1) is 12.7 Å². The second-order valence-electron chi connectivity index (χ2n) is 1.91. The molecule has 0 N–H and O–H groups in total. The lowest BCUT2D eigenvalue weighted by atomic mass is 10.6. The molecular weight excluding hydrogens is 132 g/mol. The van der Waals surface area contributed by atoms with Gasteiger partial charge in [0, 0.05) is 6.07 Å². The highest BCUT2D eigenvalue weighted by atomic mass is 16.6. The quantitative estimate of drug-likeness (QED) is 0.460. The van der Waals surface area contributed by atoms with Gasteiger partial charge in [0.15, 0.2) is 0 Å². The Bertz CT molecular complexity index is 242. The van der Waals surface area contributed by atoms with Crippen LogP contribution in [0.4, 0.5) is 5.82 Å². The highest BCUT2D eigenvalue weighted by Crippen LogP contribution is 2.10. The van der Waals surface area contributed by atoms with E-state index in [4.69, 9.17) is 0 Å². The first-order valence-electron chi connectivity index (χ1n) is 3.05. The van der Waals surface area contributed by atoms with Gasteiger partial charge in [-0.2, -0.15) is 0 Å². The Morgan fingerprint density at radius 1 is 1.80 bits per heavy atom. The summed E-state index contributed by atoms with van der Waals surface area (Å²) in [4.78, 5) is 9.84. The van der Waals surface area contributed by atoms with Crippen LogP contribution in [-0.4, -0.2) is 9.49 Å². The average Bonchev–Trinajstić information content (AvgIpc) is 2.33. The lowest BCUT2D eigenvalue weighted by molar-refractivity contribution is -0.392. The molecule has 0 aliphatic carbocycles. The summed E-state index contributed by atoms with van der Waals surface area (Å²) < 4.78 is 1.58. The van der Waals surface area contributed by atoms with Crippen LogP contribution in [0.1, 0.15) is 6.92 Å². The van der Waals surface area contributed by atoms with Crippen molar-refractivity contribution in [3.05, 3.63) is 28.4 Å². The molecule has 0 radical (unpaired) electrons. The van der Waals surface area contributed by atoms with Crippen LogP contribution in [-0.2, 0) is 6.54 Å². The van der Waals surface area contributed by atoms with Crippen molar-refractivity contribution >= 4 is 5.82 Å². The maximum absolute atomic E-state index is 10.2. The Labute approximate surface area is 58.2 Å². The molecule has 4 heteroatoms. The van der Waals surface area contributed by atoms with Crippen molar-refractivity contribution in [1.82, 2.24) is 4.57 Å². The molecule has 54 valence electrons. The summed E-state index contributed by atoms with van der Waals surface area (Å²) in [6, 6.07) is 3.16. The van der Waals surface area contributed by atoms with E-state index >= 15 is 0 Å². The SMILES string of the molecule is CCn1cccc1[N+](=O)[O-]. The van der Waals surface area contributed by atoms with Gasteiger partial charge in [0.25, 0.3) is 0 Å². The van der Waals surface area contributed by atoms with Crippen LogP contribution in [0.3, 0.4) is 0 Å². The summed E-state index contributed by atoms with van der Waals surface area (Å²) in [5.41, 5.74) is 0. The van der Waals surface area contributed by atoms with E-state index in [2.05, 4.69) is 0 Å². The fraction of sp³-hybridized carbons (Fsp3) is 0.333. The molecule has 1 aromatic rings. The monoisotopic (exact) mass is 140 g/mol. The third kappa shape index (κ3) is 1.00. The summed E-state index contributed by atoms with van der Waals surface area (Å²) >= 11 is 0. The molecule has 10 heavy (non-hydrogen) atoms. The van der Waals surface area contributed by atoms with E-state index in [1.165, 1.54) is 6.07 Å². The van der Waals surface area contributed by atoms with Crippen molar-refractivity contribution in [3.8, 4) is 0 Å². The molecule has 1 aromatic heterocycles. The van der Waals surface area contributed by atoms with Crippen molar-refractivity contribution in [3.63, 3.8) is 0 Å². The van der Waals surface area contributed by atoms with Gasteiger partial charge in [0.2, 0.25) is 0 Å². The van der Waals surface area contributed by atoms with Crippen LogP contribution in [0.5, 0.6) is 0 Å². The van der Waals surface area contributed by atoms with E-state index in [1.807, 2.05) is 6.92 Å². The number of hydrogen-bond acceptors (Lipinski definition) is 2. The molecule has 1 rings (SSSR count). The maximum Gasteiger partial charge on any atom is 0.322 e. The lowest BCUT2D eigenvalue weighted by Gasteiger charge is -1.95. The standard InChI is InChI=1S/C6H8N2O2/c1-2-7-5-3-4-6(7)8(9)10/h3-5H,2H2,1H3. The highest BCUT2D eigenvalue weighted by Gasteiger charge is 2.07. The van der Waals surface area contributed by atoms with Gasteiger partial charge < -0.3 is 10.1 Å². The average molecular weight is 140 g/mol. The fourth-order valence-corrected chi connectivity index (χ4v) is 0.838. The highest BCUT2D eigenvalue weighted by molar-refractivity contribution is 5.20. The molecule has 0 aliphatic rings. The molecule has 0 bridgehead atoms. The van der Waals surface area contributed by atoms with Crippen LogP contribution >= 0.6 is 0 Å². The Kier molecular flexibility index (Phi) is 1.71. The zero-order valence-corrected chi connectivity index (χ0v) is 5.65. The van der Waals surface area contributed by atoms with Crippen molar-refractivity contribution in [2.24, 2.45) is 0 Å². The van der Waals surface area contributed by atoms with Crippen LogP contribution in [0.25, 0.3) is 0 Å². The van der Waals surface area contributed by atoms with Crippen LogP contribution in [0.2, 0.25) is 0 Å². The van der Waals surface area contributed by atoms with Crippen molar-refractivity contribution in [2.75, 3.05) is 0 Å². The molecule has 1 heterocycles. The van der Waals surface area contributed by atoms with Gasteiger partial charge >= 0.3 is 5.82 Å². The molecule has 0 fully saturated rings. The molecule has 0 spiro atoms. The first kappa shape index (κ1) is 6.80. The lowest BCUT2D eigenvalue weighted by Crippen LogP contribution is -1.98. The maximum atomic E-state index is 10.2. The summed E-state index contributed by atoms with van der Waals surface area (Å²) in [6.07, 6.45) is 1.69. The van der Waals surface area contributed by atoms with Crippen molar-refractivity contribution < 1.29 is 4.92 Å². The molecule has 4 nitrogen and oxygen atoms in total. The summed E-state index contributed by atoms with van der Waals surface area (Å²) in [5.74, 6) is 0.155. The number of rotatable bonds is 2. The third-order valence-electron chi connectivity index (χ3n) is 1.33. The van der Waals surface area contributed by atoms with Crippen LogP contribution in [0, 0.1) is 10.1 Å². The molecular formula is C6H8N2O2. The second kappa shape index (κ2) is 2.51. The van der Waals surface area contributed by atoms with Crippen molar-refractivity contribution in [2.45, 2.75) is 13.5 Å². The van der Waals surface area contributed by atoms with Crippen LogP contribution < -0.4 is 0 Å². The van der Waals surface area contributed by atoms with E-state index in [0.717, 1.165) is 0 Å². The van der Waals surface area contributed by atoms with Crippen LogP contribution in [0.15, 0.2) is 18.3 Å². The minimum Gasteiger partial charge on any atom is -0.358 e. The fourth-order valence-electron chi connectivity index (χ4n) is 0.838. The van der Waals surface area contributed by atoms with Gasteiger partial charge in [-0.25, -0.2) is 4.57 Å². The zero-order valence-electron chi connectivity index (χ0n) is 5.65. The van der Waals surface area contributed by atoms with Gasteiger partial charge in [-0.3, -0.25) is 0 Å². The Morgan fingerprint density at radius 2 is 2.50 bits per heavy atom. The second-order valence-corrected chi connectivity index (χ2v) is 1.91. The predicted octanol–water partition coefficient (Wildman–Crippen LogP) is 1.42. The minimum absolute atomic E-state index is 0.155. The van der Waals surface area contributed by atoms with E-state index < -0.39 is 0 Å². The van der Waals surface area contributed by atoms with E-state index in [-0.39, 0.29) is 10.7 Å². The van der Waals surface area contributed by atoms with Gasteiger partial charge in [0.1, 0.15) is 0 Å². The van der Waals surface area contributed by atoms with Crippen molar-refractivity contribution in [1.29, 1.82) is 0 Å². The topological polar surface area (TPSA) is 48.1 Å². The molecule has 0 aliphatic heterocycles. The van der Waals surface area contributed by atoms with Gasteiger partial charge in [-0.1, -0.05) is 0 Å². The number of aryl methyl sites for hydroxylation is 1.